The number of fused-ring (bicyclic) bond motifs is 1. The van der Waals surface area contributed by atoms with Crippen LogP contribution in [0.2, 0.25) is 0 Å². The summed E-state index contributed by atoms with van der Waals surface area (Å²) in [6, 6.07) is 2.51. The van der Waals surface area contributed by atoms with Crippen LogP contribution in [-0.4, -0.2) is 41.5 Å². The molecule has 0 aromatic heterocycles. The van der Waals surface area contributed by atoms with Crippen molar-refractivity contribution in [1.29, 1.82) is 0 Å². The largest absolute Gasteiger partial charge is 0.488 e. The number of carboxylic acids is 1. The highest BCUT2D eigenvalue weighted by atomic mass is 16.6. The van der Waals surface area contributed by atoms with E-state index in [0.29, 0.717) is 6.61 Å². The topological polar surface area (TPSA) is 96.2 Å². The highest BCUT2D eigenvalue weighted by Crippen LogP contribution is 2.32. The molecule has 0 radical (unpaired) electrons. The van der Waals surface area contributed by atoms with Gasteiger partial charge in [-0.2, -0.15) is 0 Å². The predicted molar refractivity (Wildman–Crippen MR) is 54.2 cm³/mol. The van der Waals surface area contributed by atoms with E-state index in [1.165, 1.54) is 6.07 Å². The number of hydrogen-bond donors (Lipinski definition) is 3. The molecular formula is C9H9BO6. The zero-order chi connectivity index (χ0) is 11.7. The van der Waals surface area contributed by atoms with Crippen molar-refractivity contribution in [3.8, 4) is 11.5 Å². The summed E-state index contributed by atoms with van der Waals surface area (Å²) in [5.74, 6) is -0.860. The summed E-state index contributed by atoms with van der Waals surface area (Å²) in [7, 11) is -1.74. The third-order valence-electron chi connectivity index (χ3n) is 2.19. The van der Waals surface area contributed by atoms with Gasteiger partial charge in [0.1, 0.15) is 18.8 Å². The Kier molecular flexibility index (Phi) is 2.72. The zero-order valence-electron chi connectivity index (χ0n) is 8.21. The molecule has 1 heterocycles. The summed E-state index contributed by atoms with van der Waals surface area (Å²) in [6.45, 7) is 0.575. The number of aromatic carboxylic acids is 1. The van der Waals surface area contributed by atoms with Crippen LogP contribution in [0.1, 0.15) is 10.4 Å². The van der Waals surface area contributed by atoms with Gasteiger partial charge in [0.05, 0.1) is 0 Å². The number of carbonyl (C=O) groups is 1. The third kappa shape index (κ3) is 1.82. The Morgan fingerprint density at radius 3 is 2.56 bits per heavy atom. The molecule has 0 saturated heterocycles. The lowest BCUT2D eigenvalue weighted by Crippen LogP contribution is -2.32. The Bertz CT molecular complexity index is 430. The van der Waals surface area contributed by atoms with Gasteiger partial charge >= 0.3 is 13.1 Å². The highest BCUT2D eigenvalue weighted by Gasteiger charge is 2.24. The van der Waals surface area contributed by atoms with Gasteiger partial charge in [0.2, 0.25) is 0 Å². The van der Waals surface area contributed by atoms with Crippen molar-refractivity contribution in [3.05, 3.63) is 17.7 Å². The lowest BCUT2D eigenvalue weighted by Gasteiger charge is -2.20. The molecule has 1 aliphatic rings. The highest BCUT2D eigenvalue weighted by molar-refractivity contribution is 6.58. The van der Waals surface area contributed by atoms with Gasteiger partial charge in [-0.05, 0) is 17.6 Å². The lowest BCUT2D eigenvalue weighted by atomic mass is 9.79. The first-order chi connectivity index (χ1) is 7.59. The molecule has 1 aromatic rings. The molecule has 0 bridgehead atoms. The Labute approximate surface area is 91.2 Å². The minimum absolute atomic E-state index is 0.0571. The second-order valence-corrected chi connectivity index (χ2v) is 3.27. The van der Waals surface area contributed by atoms with E-state index in [0.717, 1.165) is 6.07 Å². The van der Waals surface area contributed by atoms with Crippen molar-refractivity contribution in [1.82, 2.24) is 0 Å². The molecule has 0 atom stereocenters. The third-order valence-corrected chi connectivity index (χ3v) is 2.19. The van der Waals surface area contributed by atoms with Gasteiger partial charge in [0.15, 0.2) is 11.5 Å². The van der Waals surface area contributed by atoms with Crippen LogP contribution in [0.5, 0.6) is 11.5 Å². The maximum atomic E-state index is 10.9. The maximum Gasteiger partial charge on any atom is 0.488 e. The molecule has 1 aliphatic heterocycles. The number of hydrogen-bond acceptors (Lipinski definition) is 5. The van der Waals surface area contributed by atoms with Crippen LogP contribution in [-0.2, 0) is 0 Å². The van der Waals surface area contributed by atoms with Crippen LogP contribution in [0.25, 0.3) is 0 Å². The van der Waals surface area contributed by atoms with Crippen LogP contribution in [0, 0.1) is 0 Å². The Morgan fingerprint density at radius 1 is 1.25 bits per heavy atom. The first-order valence-electron chi connectivity index (χ1n) is 4.62. The van der Waals surface area contributed by atoms with Gasteiger partial charge in [0, 0.05) is 0 Å². The van der Waals surface area contributed by atoms with Gasteiger partial charge in [-0.15, -0.1) is 0 Å². The number of rotatable bonds is 2. The van der Waals surface area contributed by atoms with E-state index in [4.69, 9.17) is 24.6 Å². The first-order valence-corrected chi connectivity index (χ1v) is 4.62. The molecule has 7 heteroatoms. The number of carboxylic acid groups (broad SMARTS) is 1. The summed E-state index contributed by atoms with van der Waals surface area (Å²) in [5.41, 5.74) is -0.0815. The van der Waals surface area contributed by atoms with E-state index in [2.05, 4.69) is 0 Å². The van der Waals surface area contributed by atoms with Crippen molar-refractivity contribution >= 4 is 18.6 Å². The summed E-state index contributed by atoms with van der Waals surface area (Å²) in [5, 5.41) is 26.9. The van der Waals surface area contributed by atoms with E-state index < -0.39 is 13.1 Å². The average molecular weight is 224 g/mol. The van der Waals surface area contributed by atoms with Gasteiger partial charge in [0.25, 0.3) is 0 Å². The normalized spacial score (nSPS) is 13.4. The fourth-order valence-electron chi connectivity index (χ4n) is 1.48. The van der Waals surface area contributed by atoms with Crippen molar-refractivity contribution in [2.24, 2.45) is 0 Å². The van der Waals surface area contributed by atoms with E-state index in [9.17, 15) is 4.79 Å². The molecule has 0 fully saturated rings. The molecule has 0 aliphatic carbocycles. The zero-order valence-corrected chi connectivity index (χ0v) is 8.21. The molecule has 0 unspecified atom stereocenters. The minimum atomic E-state index is -1.74. The van der Waals surface area contributed by atoms with Crippen molar-refractivity contribution in [2.45, 2.75) is 0 Å². The fraction of sp³-hybridized carbons (Fsp3) is 0.222. The Hall–Kier alpha value is -1.73. The van der Waals surface area contributed by atoms with Crippen molar-refractivity contribution in [3.63, 3.8) is 0 Å². The van der Waals surface area contributed by atoms with Gasteiger partial charge in [-0.1, -0.05) is 0 Å². The van der Waals surface area contributed by atoms with E-state index in [-0.39, 0.29) is 29.1 Å². The van der Waals surface area contributed by atoms with Crippen molar-refractivity contribution < 1.29 is 29.4 Å². The van der Waals surface area contributed by atoms with Gasteiger partial charge in [-0.25, -0.2) is 4.79 Å². The minimum Gasteiger partial charge on any atom is -0.486 e. The molecule has 1 aromatic carbocycles. The van der Waals surface area contributed by atoms with E-state index in [1.54, 1.807) is 0 Å². The Morgan fingerprint density at radius 2 is 1.94 bits per heavy atom. The molecule has 0 amide bonds. The average Bonchev–Trinajstić information content (AvgIpc) is 2.27. The Balaban J connectivity index is 2.56. The number of ether oxygens (including phenoxy) is 2. The van der Waals surface area contributed by atoms with Crippen LogP contribution in [0.4, 0.5) is 0 Å². The monoisotopic (exact) mass is 224 g/mol. The second kappa shape index (κ2) is 4.03. The first kappa shape index (κ1) is 10.8. The quantitative estimate of drug-likeness (QED) is 0.548. The molecular weight excluding hydrogens is 215 g/mol. The van der Waals surface area contributed by atoms with Gasteiger partial charge in [-0.3, -0.25) is 0 Å². The molecule has 2 rings (SSSR count). The van der Waals surface area contributed by atoms with Gasteiger partial charge < -0.3 is 24.6 Å². The van der Waals surface area contributed by atoms with E-state index in [1.807, 2.05) is 0 Å². The lowest BCUT2D eigenvalue weighted by molar-refractivity contribution is 0.0686. The summed E-state index contributed by atoms with van der Waals surface area (Å²) in [6.07, 6.45) is 0. The maximum absolute atomic E-state index is 10.9. The van der Waals surface area contributed by atoms with E-state index >= 15 is 0 Å². The standard InChI is InChI=1S/C9H9BO6/c11-9(12)6-3-5(10(13)14)4-7-8(6)16-2-1-15-7/h3-4,13-14H,1-2H2,(H,11,12). The molecule has 6 nitrogen and oxygen atoms in total. The predicted octanol–water partition coefficient (Wildman–Crippen LogP) is -1.16. The molecule has 0 saturated carbocycles. The SMILES string of the molecule is O=C(O)c1cc(B(O)O)cc2c1OCCO2. The molecule has 0 spiro atoms. The second-order valence-electron chi connectivity index (χ2n) is 3.27. The summed E-state index contributed by atoms with van der Waals surface area (Å²) in [4.78, 5) is 10.9. The van der Waals surface area contributed by atoms with Crippen molar-refractivity contribution in [2.75, 3.05) is 13.2 Å². The summed E-state index contributed by atoms with van der Waals surface area (Å²) < 4.78 is 10.4. The van der Waals surface area contributed by atoms with Crippen LogP contribution < -0.4 is 14.9 Å². The molecule has 84 valence electrons. The molecule has 16 heavy (non-hydrogen) atoms. The smallest absolute Gasteiger partial charge is 0.486 e. The van der Waals surface area contributed by atoms with Crippen LogP contribution >= 0.6 is 0 Å². The summed E-state index contributed by atoms with van der Waals surface area (Å²) >= 11 is 0. The van der Waals surface area contributed by atoms with Crippen LogP contribution in [0.3, 0.4) is 0 Å². The van der Waals surface area contributed by atoms with Crippen LogP contribution in [0.15, 0.2) is 12.1 Å². The number of benzene rings is 1. The molecule has 3 N–H and O–H groups in total. The fourth-order valence-corrected chi connectivity index (χ4v) is 1.48.